The number of nitrogen functional groups attached to an aromatic ring is 1. The molecule has 3 atom stereocenters. The maximum Gasteiger partial charge on any atom is 0.351 e. The van der Waals surface area contributed by atoms with Gasteiger partial charge in [0.05, 0.1) is 12.9 Å². The van der Waals surface area contributed by atoms with E-state index in [9.17, 15) is 19.1 Å². The Balaban J connectivity index is 2.49. The van der Waals surface area contributed by atoms with Crippen LogP contribution in [0.1, 0.15) is 18.7 Å². The van der Waals surface area contributed by atoms with Crippen LogP contribution < -0.4 is 11.4 Å². The number of nitrogens with two attached hydrogens (primary N) is 1. The average Bonchev–Trinajstić information content (AvgIpc) is 2.82. The van der Waals surface area contributed by atoms with E-state index in [1.165, 1.54) is 25.3 Å². The van der Waals surface area contributed by atoms with Crippen LogP contribution in [0.3, 0.4) is 0 Å². The smallest absolute Gasteiger partial charge is 0.351 e. The summed E-state index contributed by atoms with van der Waals surface area (Å²) in [5, 5.41) is 19.0. The van der Waals surface area contributed by atoms with Crippen molar-refractivity contribution >= 4 is 17.7 Å². The van der Waals surface area contributed by atoms with Gasteiger partial charge in [-0.3, -0.25) is 9.36 Å². The number of halogens is 1. The standard InChI is InChI=1S/C14H16FN3O5/c1-7(20)2-3-8-5-18(14(22)17-12(8)16)13-9(4-15)11(21)10(6-19)23-13/h2-5,10-11,13,19,21H,6H2,1H3,(H2,16,17,22). The molecule has 9 heteroatoms. The minimum absolute atomic E-state index is 0.105. The number of ether oxygens (including phenoxy) is 1. The molecule has 0 bridgehead atoms. The zero-order valence-corrected chi connectivity index (χ0v) is 12.2. The molecule has 0 aliphatic carbocycles. The van der Waals surface area contributed by atoms with E-state index in [0.29, 0.717) is 0 Å². The molecule has 0 saturated carbocycles. The Labute approximate surface area is 130 Å². The van der Waals surface area contributed by atoms with E-state index < -0.39 is 30.7 Å². The lowest BCUT2D eigenvalue weighted by molar-refractivity contribution is -0.112. The highest BCUT2D eigenvalue weighted by molar-refractivity contribution is 5.92. The van der Waals surface area contributed by atoms with E-state index in [0.717, 1.165) is 4.57 Å². The quantitative estimate of drug-likeness (QED) is 0.639. The average molecular weight is 325 g/mol. The van der Waals surface area contributed by atoms with Crippen LogP contribution in [0.4, 0.5) is 10.2 Å². The van der Waals surface area contributed by atoms with Gasteiger partial charge in [0, 0.05) is 17.3 Å². The fraction of sp³-hybridized carbons (Fsp3) is 0.357. The Bertz CT molecular complexity index is 728. The van der Waals surface area contributed by atoms with Crippen molar-refractivity contribution < 1.29 is 24.1 Å². The SMILES string of the molecule is CC(=O)C=Cc1cn(C2OC(CO)C(O)C2=CF)c(=O)nc1N. The highest BCUT2D eigenvalue weighted by Crippen LogP contribution is 2.33. The third kappa shape index (κ3) is 3.36. The van der Waals surface area contributed by atoms with Crippen molar-refractivity contribution in [2.45, 2.75) is 25.4 Å². The molecule has 2 heterocycles. The first-order valence-electron chi connectivity index (χ1n) is 6.71. The normalized spacial score (nSPS) is 26.3. The van der Waals surface area contributed by atoms with E-state index in [1.54, 1.807) is 0 Å². The van der Waals surface area contributed by atoms with Crippen LogP contribution in [0.25, 0.3) is 6.08 Å². The van der Waals surface area contributed by atoms with Crippen molar-refractivity contribution in [3.8, 4) is 0 Å². The number of aromatic nitrogens is 2. The number of hydrogen-bond donors (Lipinski definition) is 3. The number of aliphatic hydroxyl groups is 2. The molecule has 0 amide bonds. The van der Waals surface area contributed by atoms with Gasteiger partial charge in [-0.2, -0.15) is 4.98 Å². The van der Waals surface area contributed by atoms with Gasteiger partial charge in [-0.25, -0.2) is 9.18 Å². The van der Waals surface area contributed by atoms with Gasteiger partial charge < -0.3 is 20.7 Å². The van der Waals surface area contributed by atoms with Crippen molar-refractivity contribution in [2.24, 2.45) is 0 Å². The molecule has 124 valence electrons. The number of allylic oxidation sites excluding steroid dienone is 1. The Morgan fingerprint density at radius 2 is 2.30 bits per heavy atom. The van der Waals surface area contributed by atoms with Crippen LogP contribution >= 0.6 is 0 Å². The number of nitrogens with zero attached hydrogens (tertiary/aromatic N) is 2. The molecule has 3 unspecified atom stereocenters. The van der Waals surface area contributed by atoms with Gasteiger partial charge in [0.1, 0.15) is 18.0 Å². The molecule has 1 saturated heterocycles. The van der Waals surface area contributed by atoms with Crippen molar-refractivity contribution in [1.29, 1.82) is 0 Å². The molecule has 1 aliphatic rings. The van der Waals surface area contributed by atoms with Gasteiger partial charge >= 0.3 is 5.69 Å². The fourth-order valence-corrected chi connectivity index (χ4v) is 2.17. The van der Waals surface area contributed by atoms with Crippen LogP contribution in [0.15, 0.2) is 29.0 Å². The van der Waals surface area contributed by atoms with Crippen molar-refractivity contribution in [2.75, 3.05) is 12.3 Å². The van der Waals surface area contributed by atoms with Gasteiger partial charge in [0.15, 0.2) is 12.0 Å². The second-order valence-corrected chi connectivity index (χ2v) is 4.98. The van der Waals surface area contributed by atoms with E-state index >= 15 is 0 Å². The zero-order chi connectivity index (χ0) is 17.1. The third-order valence-electron chi connectivity index (χ3n) is 3.35. The summed E-state index contributed by atoms with van der Waals surface area (Å²) < 4.78 is 19.3. The first-order chi connectivity index (χ1) is 10.9. The van der Waals surface area contributed by atoms with Gasteiger partial charge in [0.25, 0.3) is 0 Å². The maximum absolute atomic E-state index is 13.1. The summed E-state index contributed by atoms with van der Waals surface area (Å²) in [6, 6.07) is 0. The number of aliphatic hydroxyl groups excluding tert-OH is 2. The number of ketones is 1. The molecule has 1 aromatic heterocycles. The second-order valence-electron chi connectivity index (χ2n) is 4.98. The van der Waals surface area contributed by atoms with Crippen LogP contribution in [-0.4, -0.2) is 44.4 Å². The summed E-state index contributed by atoms with van der Waals surface area (Å²) >= 11 is 0. The van der Waals surface area contributed by atoms with Crippen LogP contribution in [0.5, 0.6) is 0 Å². The van der Waals surface area contributed by atoms with Gasteiger partial charge in [-0.15, -0.1) is 0 Å². The molecule has 4 N–H and O–H groups in total. The summed E-state index contributed by atoms with van der Waals surface area (Å²) in [6.07, 6.45) is 0.225. The number of carbonyl (C=O) groups is 1. The summed E-state index contributed by atoms with van der Waals surface area (Å²) in [7, 11) is 0. The van der Waals surface area contributed by atoms with Crippen molar-refractivity contribution in [3.63, 3.8) is 0 Å². The van der Waals surface area contributed by atoms with E-state index in [2.05, 4.69) is 4.98 Å². The maximum atomic E-state index is 13.1. The Morgan fingerprint density at radius 1 is 1.61 bits per heavy atom. The van der Waals surface area contributed by atoms with Crippen LogP contribution in [0.2, 0.25) is 0 Å². The molecule has 1 aliphatic heterocycles. The lowest BCUT2D eigenvalue weighted by atomic mass is 10.1. The lowest BCUT2D eigenvalue weighted by Gasteiger charge is -2.16. The Morgan fingerprint density at radius 3 is 2.87 bits per heavy atom. The number of rotatable bonds is 4. The van der Waals surface area contributed by atoms with Crippen molar-refractivity contribution in [1.82, 2.24) is 9.55 Å². The first kappa shape index (κ1) is 17.0. The first-order valence-corrected chi connectivity index (χ1v) is 6.71. The second kappa shape index (κ2) is 6.82. The highest BCUT2D eigenvalue weighted by atomic mass is 19.1. The van der Waals surface area contributed by atoms with Gasteiger partial charge in [-0.05, 0) is 19.1 Å². The molecule has 8 nitrogen and oxygen atoms in total. The molecule has 0 spiro atoms. The number of carbonyl (C=O) groups excluding carboxylic acids is 1. The minimum atomic E-state index is -1.39. The zero-order valence-electron chi connectivity index (χ0n) is 12.2. The van der Waals surface area contributed by atoms with Crippen molar-refractivity contribution in [3.05, 3.63) is 40.2 Å². The van der Waals surface area contributed by atoms with E-state index in [1.807, 2.05) is 0 Å². The minimum Gasteiger partial charge on any atom is -0.394 e. The highest BCUT2D eigenvalue weighted by Gasteiger charge is 2.40. The molecular formula is C14H16FN3O5. The van der Waals surface area contributed by atoms with Gasteiger partial charge in [0.2, 0.25) is 0 Å². The lowest BCUT2D eigenvalue weighted by Crippen LogP contribution is -2.29. The molecule has 23 heavy (non-hydrogen) atoms. The summed E-state index contributed by atoms with van der Waals surface area (Å²) in [5.74, 6) is -0.342. The predicted molar refractivity (Wildman–Crippen MR) is 78.8 cm³/mol. The fourth-order valence-electron chi connectivity index (χ4n) is 2.17. The van der Waals surface area contributed by atoms with Gasteiger partial charge in [-0.1, -0.05) is 0 Å². The predicted octanol–water partition coefficient (Wildman–Crippen LogP) is -0.468. The molecule has 2 rings (SSSR count). The molecule has 1 aromatic rings. The third-order valence-corrected chi connectivity index (χ3v) is 3.35. The number of anilines is 1. The topological polar surface area (TPSA) is 128 Å². The molecule has 1 fully saturated rings. The largest absolute Gasteiger partial charge is 0.394 e. The summed E-state index contributed by atoms with van der Waals surface area (Å²) in [5.41, 5.74) is 4.83. The van der Waals surface area contributed by atoms with E-state index in [-0.39, 0.29) is 29.1 Å². The van der Waals surface area contributed by atoms with Crippen LogP contribution in [-0.2, 0) is 9.53 Å². The number of hydrogen-bond acceptors (Lipinski definition) is 7. The molecule has 0 aromatic carbocycles. The Hall–Kier alpha value is -2.36. The summed E-state index contributed by atoms with van der Waals surface area (Å²) in [6.45, 7) is 0.783. The molecular weight excluding hydrogens is 309 g/mol. The monoisotopic (exact) mass is 325 g/mol. The van der Waals surface area contributed by atoms with E-state index in [4.69, 9.17) is 15.6 Å². The van der Waals surface area contributed by atoms with Crippen LogP contribution in [0, 0.1) is 0 Å². The Kier molecular flexibility index (Phi) is 5.04. The summed E-state index contributed by atoms with van der Waals surface area (Å²) in [4.78, 5) is 26.6. The molecule has 0 radical (unpaired) electrons.